The highest BCUT2D eigenvalue weighted by atomic mass is 16.5. The zero-order valence-corrected chi connectivity index (χ0v) is 12.4. The lowest BCUT2D eigenvalue weighted by atomic mass is 10.1. The standard InChI is InChI=1S/C16H20N2O2/c1-5-19-16-13(17)6-7-15(18-16)20-14-9-10(2)8-11(3)12(14)4/h6-9H,5,17H2,1-4H3. The van der Waals surface area contributed by atoms with Gasteiger partial charge in [-0.2, -0.15) is 4.98 Å². The fraction of sp³-hybridized carbons (Fsp3) is 0.312. The zero-order chi connectivity index (χ0) is 14.7. The Morgan fingerprint density at radius 3 is 2.60 bits per heavy atom. The van der Waals surface area contributed by atoms with Crippen LogP contribution in [0.2, 0.25) is 0 Å². The Morgan fingerprint density at radius 1 is 1.15 bits per heavy atom. The number of anilines is 1. The first-order valence-electron chi connectivity index (χ1n) is 6.66. The van der Waals surface area contributed by atoms with Crippen LogP contribution in [0.3, 0.4) is 0 Å². The van der Waals surface area contributed by atoms with Crippen LogP contribution in [0.5, 0.6) is 17.5 Å². The van der Waals surface area contributed by atoms with Gasteiger partial charge in [0.2, 0.25) is 11.8 Å². The molecule has 20 heavy (non-hydrogen) atoms. The fourth-order valence-electron chi connectivity index (χ4n) is 1.96. The molecule has 0 aliphatic rings. The summed E-state index contributed by atoms with van der Waals surface area (Å²) in [6, 6.07) is 7.62. The summed E-state index contributed by atoms with van der Waals surface area (Å²) in [6.45, 7) is 8.55. The lowest BCUT2D eigenvalue weighted by Gasteiger charge is -2.13. The smallest absolute Gasteiger partial charge is 0.240 e. The SMILES string of the molecule is CCOc1nc(Oc2cc(C)cc(C)c2C)ccc1N. The van der Waals surface area contributed by atoms with E-state index < -0.39 is 0 Å². The van der Waals surface area contributed by atoms with Crippen molar-refractivity contribution in [2.75, 3.05) is 12.3 Å². The van der Waals surface area contributed by atoms with Crippen molar-refractivity contribution in [2.45, 2.75) is 27.7 Å². The Bertz CT molecular complexity index is 624. The van der Waals surface area contributed by atoms with Gasteiger partial charge in [0.15, 0.2) is 0 Å². The predicted molar refractivity (Wildman–Crippen MR) is 80.5 cm³/mol. The van der Waals surface area contributed by atoms with Crippen LogP contribution in [-0.4, -0.2) is 11.6 Å². The van der Waals surface area contributed by atoms with Gasteiger partial charge < -0.3 is 15.2 Å². The minimum absolute atomic E-state index is 0.409. The number of ether oxygens (including phenoxy) is 2. The zero-order valence-electron chi connectivity index (χ0n) is 12.4. The van der Waals surface area contributed by atoms with Crippen LogP contribution in [0.4, 0.5) is 5.69 Å². The van der Waals surface area contributed by atoms with Gasteiger partial charge in [-0.15, -0.1) is 0 Å². The predicted octanol–water partition coefficient (Wildman–Crippen LogP) is 3.78. The number of aryl methyl sites for hydroxylation is 2. The van der Waals surface area contributed by atoms with E-state index in [9.17, 15) is 0 Å². The van der Waals surface area contributed by atoms with E-state index >= 15 is 0 Å². The first-order valence-corrected chi connectivity index (χ1v) is 6.66. The van der Waals surface area contributed by atoms with Crippen molar-refractivity contribution >= 4 is 5.69 Å². The largest absolute Gasteiger partial charge is 0.476 e. The molecule has 0 fully saturated rings. The van der Waals surface area contributed by atoms with Gasteiger partial charge in [-0.05, 0) is 56.5 Å². The molecule has 1 aromatic heterocycles. The Labute approximate surface area is 119 Å². The van der Waals surface area contributed by atoms with Crippen LogP contribution in [0.15, 0.2) is 24.3 Å². The Morgan fingerprint density at radius 2 is 1.90 bits per heavy atom. The van der Waals surface area contributed by atoms with E-state index in [0.717, 1.165) is 16.9 Å². The molecule has 2 N–H and O–H groups in total. The molecule has 1 aromatic carbocycles. The van der Waals surface area contributed by atoms with Gasteiger partial charge in [-0.3, -0.25) is 0 Å². The second-order valence-corrected chi connectivity index (χ2v) is 4.78. The summed E-state index contributed by atoms with van der Waals surface area (Å²) in [7, 11) is 0. The maximum absolute atomic E-state index is 5.87. The van der Waals surface area contributed by atoms with E-state index in [1.165, 1.54) is 5.56 Å². The summed E-state index contributed by atoms with van der Waals surface area (Å²) in [5.41, 5.74) is 9.77. The van der Waals surface area contributed by atoms with Crippen molar-refractivity contribution in [3.05, 3.63) is 41.0 Å². The molecule has 0 aliphatic heterocycles. The number of nitrogens with zero attached hydrogens (tertiary/aromatic N) is 1. The van der Waals surface area contributed by atoms with Crippen molar-refractivity contribution in [3.8, 4) is 17.5 Å². The van der Waals surface area contributed by atoms with Crippen molar-refractivity contribution in [3.63, 3.8) is 0 Å². The molecule has 0 atom stereocenters. The van der Waals surface area contributed by atoms with E-state index in [0.29, 0.717) is 24.1 Å². The summed E-state index contributed by atoms with van der Waals surface area (Å²) < 4.78 is 11.2. The van der Waals surface area contributed by atoms with Crippen molar-refractivity contribution in [1.29, 1.82) is 0 Å². The molecule has 0 aliphatic carbocycles. The Kier molecular flexibility index (Phi) is 4.13. The lowest BCUT2D eigenvalue weighted by molar-refractivity contribution is 0.323. The van der Waals surface area contributed by atoms with Crippen LogP contribution in [0.1, 0.15) is 23.6 Å². The molecule has 0 amide bonds. The number of pyridine rings is 1. The quantitative estimate of drug-likeness (QED) is 0.920. The average molecular weight is 272 g/mol. The fourth-order valence-corrected chi connectivity index (χ4v) is 1.96. The van der Waals surface area contributed by atoms with Crippen molar-refractivity contribution in [1.82, 2.24) is 4.98 Å². The highest BCUT2D eigenvalue weighted by Gasteiger charge is 2.09. The number of nitrogen functional groups attached to an aromatic ring is 1. The van der Waals surface area contributed by atoms with E-state index in [1.807, 2.05) is 26.8 Å². The van der Waals surface area contributed by atoms with Crippen LogP contribution in [-0.2, 0) is 0 Å². The van der Waals surface area contributed by atoms with Gasteiger partial charge >= 0.3 is 0 Å². The molecule has 0 bridgehead atoms. The second-order valence-electron chi connectivity index (χ2n) is 4.78. The van der Waals surface area contributed by atoms with Gasteiger partial charge in [-0.25, -0.2) is 0 Å². The Balaban J connectivity index is 2.33. The van der Waals surface area contributed by atoms with Gasteiger partial charge in [-0.1, -0.05) is 6.07 Å². The molecule has 0 saturated heterocycles. The highest BCUT2D eigenvalue weighted by molar-refractivity contribution is 5.50. The maximum Gasteiger partial charge on any atom is 0.240 e. The molecule has 4 nitrogen and oxygen atoms in total. The molecular weight excluding hydrogens is 252 g/mol. The van der Waals surface area contributed by atoms with Crippen molar-refractivity contribution < 1.29 is 9.47 Å². The summed E-state index contributed by atoms with van der Waals surface area (Å²) in [4.78, 5) is 4.29. The minimum Gasteiger partial charge on any atom is -0.476 e. The van der Waals surface area contributed by atoms with Crippen LogP contribution in [0.25, 0.3) is 0 Å². The molecule has 0 unspecified atom stereocenters. The summed E-state index contributed by atoms with van der Waals surface area (Å²) in [6.07, 6.45) is 0. The molecule has 1 heterocycles. The minimum atomic E-state index is 0.409. The third-order valence-electron chi connectivity index (χ3n) is 3.12. The second kappa shape index (κ2) is 5.82. The Hall–Kier alpha value is -2.23. The number of nitrogens with two attached hydrogens (primary N) is 1. The molecule has 2 aromatic rings. The number of aromatic nitrogens is 1. The first kappa shape index (κ1) is 14.2. The number of hydrogen-bond donors (Lipinski definition) is 1. The third kappa shape index (κ3) is 3.02. The van der Waals surface area contributed by atoms with E-state index in [-0.39, 0.29) is 0 Å². The lowest BCUT2D eigenvalue weighted by Crippen LogP contribution is -2.01. The van der Waals surface area contributed by atoms with E-state index in [1.54, 1.807) is 12.1 Å². The molecule has 0 radical (unpaired) electrons. The monoisotopic (exact) mass is 272 g/mol. The summed E-state index contributed by atoms with van der Waals surface area (Å²) >= 11 is 0. The van der Waals surface area contributed by atoms with Crippen LogP contribution in [0, 0.1) is 20.8 Å². The molecular formula is C16H20N2O2. The van der Waals surface area contributed by atoms with Crippen LogP contribution >= 0.6 is 0 Å². The number of benzene rings is 1. The van der Waals surface area contributed by atoms with Crippen LogP contribution < -0.4 is 15.2 Å². The first-order chi connectivity index (χ1) is 9.51. The number of rotatable bonds is 4. The molecule has 0 saturated carbocycles. The van der Waals surface area contributed by atoms with E-state index in [2.05, 4.69) is 18.0 Å². The van der Waals surface area contributed by atoms with Gasteiger partial charge in [0.25, 0.3) is 0 Å². The van der Waals surface area contributed by atoms with Gasteiger partial charge in [0, 0.05) is 6.07 Å². The summed E-state index contributed by atoms with van der Waals surface area (Å²) in [5, 5.41) is 0. The molecule has 0 spiro atoms. The highest BCUT2D eigenvalue weighted by Crippen LogP contribution is 2.30. The number of hydrogen-bond acceptors (Lipinski definition) is 4. The van der Waals surface area contributed by atoms with Gasteiger partial charge in [0.05, 0.1) is 12.3 Å². The van der Waals surface area contributed by atoms with Crippen molar-refractivity contribution in [2.24, 2.45) is 0 Å². The average Bonchev–Trinajstić information content (AvgIpc) is 2.39. The molecule has 4 heteroatoms. The molecule has 106 valence electrons. The normalized spacial score (nSPS) is 10.4. The topological polar surface area (TPSA) is 57.4 Å². The summed E-state index contributed by atoms with van der Waals surface area (Å²) in [5.74, 6) is 1.70. The molecule has 2 rings (SSSR count). The maximum atomic E-state index is 5.87. The van der Waals surface area contributed by atoms with E-state index in [4.69, 9.17) is 15.2 Å². The van der Waals surface area contributed by atoms with Gasteiger partial charge in [0.1, 0.15) is 5.75 Å². The third-order valence-corrected chi connectivity index (χ3v) is 3.12.